The number of benzene rings is 2. The van der Waals surface area contributed by atoms with Crippen LogP contribution in [0.3, 0.4) is 0 Å². The molecule has 27 heavy (non-hydrogen) atoms. The molecule has 4 nitrogen and oxygen atoms in total. The van der Waals surface area contributed by atoms with Crippen molar-refractivity contribution in [1.29, 1.82) is 0 Å². The Bertz CT molecular complexity index is 856. The zero-order valence-corrected chi connectivity index (χ0v) is 15.5. The SMILES string of the molecule is C=C/C=C(\C=C/CC)C(=O)Oc1ccc(OC(=O)c2ccc(C)cc2)cc1. The van der Waals surface area contributed by atoms with Crippen LogP contribution < -0.4 is 9.47 Å². The minimum absolute atomic E-state index is 0.356. The largest absolute Gasteiger partial charge is 0.423 e. The molecular formula is C23H22O4. The molecule has 0 fully saturated rings. The van der Waals surface area contributed by atoms with Crippen molar-refractivity contribution in [2.45, 2.75) is 20.3 Å². The van der Waals surface area contributed by atoms with Crippen LogP contribution >= 0.6 is 0 Å². The number of hydrogen-bond donors (Lipinski definition) is 0. The molecule has 0 atom stereocenters. The second-order valence-electron chi connectivity index (χ2n) is 5.78. The fraction of sp³-hybridized carbons (Fsp3) is 0.130. The van der Waals surface area contributed by atoms with Crippen LogP contribution in [0.5, 0.6) is 11.5 Å². The first-order chi connectivity index (χ1) is 13.0. The number of allylic oxidation sites excluding steroid dienone is 3. The van der Waals surface area contributed by atoms with Crippen molar-refractivity contribution < 1.29 is 19.1 Å². The summed E-state index contributed by atoms with van der Waals surface area (Å²) in [7, 11) is 0. The summed E-state index contributed by atoms with van der Waals surface area (Å²) in [6, 6.07) is 13.4. The average Bonchev–Trinajstić information content (AvgIpc) is 2.67. The molecule has 2 rings (SSSR count). The lowest BCUT2D eigenvalue weighted by Crippen LogP contribution is -2.10. The molecule has 0 unspecified atom stereocenters. The van der Waals surface area contributed by atoms with E-state index in [2.05, 4.69) is 6.58 Å². The Morgan fingerprint density at radius 3 is 2.11 bits per heavy atom. The highest BCUT2D eigenvalue weighted by molar-refractivity contribution is 5.93. The molecule has 0 aliphatic rings. The molecule has 0 aliphatic carbocycles. The van der Waals surface area contributed by atoms with Crippen LogP contribution in [-0.2, 0) is 4.79 Å². The zero-order chi connectivity index (χ0) is 19.6. The van der Waals surface area contributed by atoms with Crippen LogP contribution in [0, 0.1) is 6.92 Å². The third-order valence-corrected chi connectivity index (χ3v) is 3.60. The molecule has 0 spiro atoms. The van der Waals surface area contributed by atoms with Crippen molar-refractivity contribution in [3.8, 4) is 11.5 Å². The summed E-state index contributed by atoms with van der Waals surface area (Å²) >= 11 is 0. The molecule has 2 aromatic rings. The number of rotatable bonds is 7. The summed E-state index contributed by atoms with van der Waals surface area (Å²) in [6.07, 6.45) is 7.49. The van der Waals surface area contributed by atoms with E-state index in [4.69, 9.17) is 9.47 Å². The molecule has 0 amide bonds. The van der Waals surface area contributed by atoms with Gasteiger partial charge >= 0.3 is 11.9 Å². The van der Waals surface area contributed by atoms with E-state index in [-0.39, 0.29) is 0 Å². The number of carbonyl (C=O) groups excluding carboxylic acids is 2. The summed E-state index contributed by atoms with van der Waals surface area (Å²) in [6.45, 7) is 7.52. The van der Waals surface area contributed by atoms with Crippen LogP contribution in [-0.4, -0.2) is 11.9 Å². The van der Waals surface area contributed by atoms with Crippen molar-refractivity contribution in [2.24, 2.45) is 0 Å². The lowest BCUT2D eigenvalue weighted by molar-refractivity contribution is -0.129. The molecule has 0 saturated heterocycles. The molecule has 0 N–H and O–H groups in total. The number of aryl methyl sites for hydroxylation is 1. The molecule has 0 aliphatic heterocycles. The van der Waals surface area contributed by atoms with Gasteiger partial charge in [-0.3, -0.25) is 0 Å². The monoisotopic (exact) mass is 362 g/mol. The van der Waals surface area contributed by atoms with Crippen molar-refractivity contribution in [1.82, 2.24) is 0 Å². The van der Waals surface area contributed by atoms with Gasteiger partial charge in [0.2, 0.25) is 0 Å². The second kappa shape index (κ2) is 9.92. The molecule has 0 saturated carbocycles. The first kappa shape index (κ1) is 19.9. The highest BCUT2D eigenvalue weighted by Gasteiger charge is 2.11. The van der Waals surface area contributed by atoms with Crippen LogP contribution in [0.4, 0.5) is 0 Å². The number of hydrogen-bond acceptors (Lipinski definition) is 4. The van der Waals surface area contributed by atoms with Crippen LogP contribution in [0.15, 0.2) is 85.0 Å². The van der Waals surface area contributed by atoms with E-state index in [1.165, 1.54) is 6.08 Å². The van der Waals surface area contributed by atoms with Gasteiger partial charge in [-0.15, -0.1) is 0 Å². The Hall–Kier alpha value is -3.40. The minimum Gasteiger partial charge on any atom is -0.423 e. The highest BCUT2D eigenvalue weighted by atomic mass is 16.5. The van der Waals surface area contributed by atoms with Gasteiger partial charge in [-0.1, -0.05) is 49.4 Å². The Labute approximate surface area is 159 Å². The van der Waals surface area contributed by atoms with Gasteiger partial charge in [-0.2, -0.15) is 0 Å². The van der Waals surface area contributed by atoms with Crippen molar-refractivity contribution in [3.63, 3.8) is 0 Å². The van der Waals surface area contributed by atoms with Gasteiger partial charge in [-0.25, -0.2) is 9.59 Å². The molecule has 4 heteroatoms. The van der Waals surface area contributed by atoms with Crippen molar-refractivity contribution >= 4 is 11.9 Å². The number of esters is 2. The molecule has 138 valence electrons. The Kier molecular flexibility index (Phi) is 7.32. The van der Waals surface area contributed by atoms with Crippen LogP contribution in [0.1, 0.15) is 29.3 Å². The van der Waals surface area contributed by atoms with Gasteiger partial charge in [-0.05, 0) is 55.8 Å². The van der Waals surface area contributed by atoms with Gasteiger partial charge < -0.3 is 9.47 Å². The van der Waals surface area contributed by atoms with Gasteiger partial charge in [0, 0.05) is 0 Å². The average molecular weight is 362 g/mol. The highest BCUT2D eigenvalue weighted by Crippen LogP contribution is 2.20. The van der Waals surface area contributed by atoms with Crippen molar-refractivity contribution in [3.05, 3.63) is 96.1 Å². The van der Waals surface area contributed by atoms with Gasteiger partial charge in [0.15, 0.2) is 0 Å². The molecule has 2 aromatic carbocycles. The molecule has 0 radical (unpaired) electrons. The molecular weight excluding hydrogens is 340 g/mol. The predicted octanol–water partition coefficient (Wildman–Crippen LogP) is 5.20. The van der Waals surface area contributed by atoms with E-state index in [1.807, 2.05) is 32.1 Å². The van der Waals surface area contributed by atoms with Crippen molar-refractivity contribution in [2.75, 3.05) is 0 Å². The summed E-state index contributed by atoms with van der Waals surface area (Å²) in [5.41, 5.74) is 1.94. The summed E-state index contributed by atoms with van der Waals surface area (Å²) in [5.74, 6) is -0.201. The fourth-order valence-corrected chi connectivity index (χ4v) is 2.16. The topological polar surface area (TPSA) is 52.6 Å². The summed E-state index contributed by atoms with van der Waals surface area (Å²) in [5, 5.41) is 0. The first-order valence-electron chi connectivity index (χ1n) is 8.64. The zero-order valence-electron chi connectivity index (χ0n) is 15.5. The van der Waals surface area contributed by atoms with Gasteiger partial charge in [0.1, 0.15) is 11.5 Å². The van der Waals surface area contributed by atoms with E-state index in [0.29, 0.717) is 22.6 Å². The molecule has 0 heterocycles. The maximum Gasteiger partial charge on any atom is 0.343 e. The quantitative estimate of drug-likeness (QED) is 0.294. The predicted molar refractivity (Wildman–Crippen MR) is 106 cm³/mol. The standard InChI is InChI=1S/C23H22O4/c1-4-6-8-18(7-5-2)22(24)26-20-13-15-21(16-14-20)27-23(25)19-11-9-17(3)10-12-19/h5-16H,2,4H2,1,3H3/b8-6-,18-7+. The Balaban J connectivity index is 2.02. The van der Waals surface area contributed by atoms with E-state index >= 15 is 0 Å². The first-order valence-corrected chi connectivity index (χ1v) is 8.64. The summed E-state index contributed by atoms with van der Waals surface area (Å²) in [4.78, 5) is 24.3. The van der Waals surface area contributed by atoms with Crippen LogP contribution in [0.25, 0.3) is 0 Å². The Morgan fingerprint density at radius 2 is 1.56 bits per heavy atom. The normalized spacial score (nSPS) is 11.3. The second-order valence-corrected chi connectivity index (χ2v) is 5.78. The minimum atomic E-state index is -0.482. The summed E-state index contributed by atoms with van der Waals surface area (Å²) < 4.78 is 10.7. The molecule has 0 aromatic heterocycles. The molecule has 0 bridgehead atoms. The lowest BCUT2D eigenvalue weighted by atomic mass is 10.1. The fourth-order valence-electron chi connectivity index (χ4n) is 2.16. The third-order valence-electron chi connectivity index (χ3n) is 3.60. The number of carbonyl (C=O) groups is 2. The Morgan fingerprint density at radius 1 is 0.963 bits per heavy atom. The van der Waals surface area contributed by atoms with E-state index in [1.54, 1.807) is 48.6 Å². The third kappa shape index (κ3) is 6.12. The van der Waals surface area contributed by atoms with Gasteiger partial charge in [0.05, 0.1) is 11.1 Å². The maximum atomic E-state index is 12.2. The lowest BCUT2D eigenvalue weighted by Gasteiger charge is -2.07. The van der Waals surface area contributed by atoms with E-state index in [0.717, 1.165) is 12.0 Å². The smallest absolute Gasteiger partial charge is 0.343 e. The maximum absolute atomic E-state index is 12.2. The van der Waals surface area contributed by atoms with Gasteiger partial charge in [0.25, 0.3) is 0 Å². The van der Waals surface area contributed by atoms with E-state index in [9.17, 15) is 9.59 Å². The van der Waals surface area contributed by atoms with Crippen LogP contribution in [0.2, 0.25) is 0 Å². The van der Waals surface area contributed by atoms with E-state index < -0.39 is 11.9 Å². The number of ether oxygens (including phenoxy) is 2.